The predicted molar refractivity (Wildman–Crippen MR) is 83.7 cm³/mol. The van der Waals surface area contributed by atoms with Crippen LogP contribution in [-0.4, -0.2) is 9.78 Å². The highest BCUT2D eigenvalue weighted by molar-refractivity contribution is 9.10. The molecule has 3 rings (SSSR count). The molecule has 1 atom stereocenters. The molecule has 3 aromatic rings. The molecule has 2 aromatic carbocycles. The lowest BCUT2D eigenvalue weighted by atomic mass is 10.0. The quantitative estimate of drug-likeness (QED) is 0.784. The van der Waals surface area contributed by atoms with Crippen molar-refractivity contribution in [3.63, 3.8) is 0 Å². The molecule has 1 unspecified atom stereocenters. The molecule has 0 fully saturated rings. The number of nitrogens with zero attached hydrogens (tertiary/aromatic N) is 2. The fourth-order valence-corrected chi connectivity index (χ4v) is 2.61. The Bertz CT molecular complexity index is 755. The summed E-state index contributed by atoms with van der Waals surface area (Å²) >= 11 is 3.19. The van der Waals surface area contributed by atoms with E-state index in [-0.39, 0.29) is 11.9 Å². The number of hydrogen-bond donors (Lipinski definition) is 1. The molecule has 0 saturated carbocycles. The van der Waals surface area contributed by atoms with E-state index in [2.05, 4.69) is 21.0 Å². The fraction of sp³-hybridized carbons (Fsp3) is 0.0625. The van der Waals surface area contributed by atoms with Crippen molar-refractivity contribution in [2.75, 3.05) is 0 Å². The second kappa shape index (κ2) is 5.79. The van der Waals surface area contributed by atoms with Gasteiger partial charge in [0.15, 0.2) is 0 Å². The molecule has 0 bridgehead atoms. The van der Waals surface area contributed by atoms with Crippen molar-refractivity contribution >= 4 is 15.9 Å². The van der Waals surface area contributed by atoms with Gasteiger partial charge in [0.05, 0.1) is 21.9 Å². The van der Waals surface area contributed by atoms with Gasteiger partial charge >= 0.3 is 0 Å². The second-order valence-electron chi connectivity index (χ2n) is 4.65. The predicted octanol–water partition coefficient (Wildman–Crippen LogP) is 3.82. The first-order valence-electron chi connectivity index (χ1n) is 6.46. The van der Waals surface area contributed by atoms with Crippen molar-refractivity contribution in [2.45, 2.75) is 6.04 Å². The monoisotopic (exact) mass is 345 g/mol. The van der Waals surface area contributed by atoms with Crippen molar-refractivity contribution in [3.8, 4) is 5.69 Å². The summed E-state index contributed by atoms with van der Waals surface area (Å²) in [6.45, 7) is 0. The summed E-state index contributed by atoms with van der Waals surface area (Å²) in [6.07, 6.45) is 1.71. The largest absolute Gasteiger partial charge is 0.319 e. The number of rotatable bonds is 3. The van der Waals surface area contributed by atoms with E-state index in [4.69, 9.17) is 5.73 Å². The lowest BCUT2D eigenvalue weighted by Gasteiger charge is -2.15. The number of para-hydroxylation sites is 1. The van der Waals surface area contributed by atoms with Crippen LogP contribution in [0.2, 0.25) is 0 Å². The number of halogens is 2. The van der Waals surface area contributed by atoms with Crippen LogP contribution in [0.3, 0.4) is 0 Å². The maximum absolute atomic E-state index is 13.3. The third kappa shape index (κ3) is 2.75. The molecule has 0 amide bonds. The van der Waals surface area contributed by atoms with E-state index in [1.165, 1.54) is 6.07 Å². The summed E-state index contributed by atoms with van der Waals surface area (Å²) in [6, 6.07) is 16.0. The molecule has 2 N–H and O–H groups in total. The summed E-state index contributed by atoms with van der Waals surface area (Å²) in [5, 5.41) is 4.32. The minimum absolute atomic E-state index is 0.303. The third-order valence-electron chi connectivity index (χ3n) is 3.29. The molecule has 0 aliphatic heterocycles. The Balaban J connectivity index is 2.01. The summed E-state index contributed by atoms with van der Waals surface area (Å²) in [4.78, 5) is 0. The number of nitrogens with two attached hydrogens (primary N) is 1. The molecular weight excluding hydrogens is 333 g/mol. The average molecular weight is 346 g/mol. The van der Waals surface area contributed by atoms with Crippen LogP contribution >= 0.6 is 15.9 Å². The first kappa shape index (κ1) is 14.0. The lowest BCUT2D eigenvalue weighted by molar-refractivity contribution is 0.619. The van der Waals surface area contributed by atoms with E-state index in [0.717, 1.165) is 16.9 Å². The van der Waals surface area contributed by atoms with E-state index in [1.54, 1.807) is 23.0 Å². The molecule has 106 valence electrons. The van der Waals surface area contributed by atoms with Crippen molar-refractivity contribution in [3.05, 3.63) is 82.3 Å². The van der Waals surface area contributed by atoms with Gasteiger partial charge in [0.1, 0.15) is 5.82 Å². The smallest absolute Gasteiger partial charge is 0.137 e. The zero-order valence-corrected chi connectivity index (χ0v) is 12.7. The highest BCUT2D eigenvalue weighted by Gasteiger charge is 2.16. The van der Waals surface area contributed by atoms with Crippen LogP contribution in [0.1, 0.15) is 17.3 Å². The van der Waals surface area contributed by atoms with Crippen molar-refractivity contribution in [2.24, 2.45) is 5.73 Å². The maximum atomic E-state index is 13.3. The van der Waals surface area contributed by atoms with Gasteiger partial charge < -0.3 is 5.73 Å². The molecule has 5 heteroatoms. The zero-order valence-electron chi connectivity index (χ0n) is 11.1. The van der Waals surface area contributed by atoms with Crippen LogP contribution in [0.25, 0.3) is 5.69 Å². The van der Waals surface area contributed by atoms with Gasteiger partial charge in [0.2, 0.25) is 0 Å². The van der Waals surface area contributed by atoms with Gasteiger partial charge in [-0.1, -0.05) is 24.3 Å². The van der Waals surface area contributed by atoms with Crippen LogP contribution in [0, 0.1) is 5.82 Å². The van der Waals surface area contributed by atoms with Crippen LogP contribution in [0.4, 0.5) is 4.39 Å². The molecule has 21 heavy (non-hydrogen) atoms. The average Bonchev–Trinajstić information content (AvgIpc) is 2.99. The summed E-state index contributed by atoms with van der Waals surface area (Å²) in [5.74, 6) is -0.303. The van der Waals surface area contributed by atoms with Gasteiger partial charge in [-0.25, -0.2) is 9.07 Å². The topological polar surface area (TPSA) is 43.8 Å². The second-order valence-corrected chi connectivity index (χ2v) is 5.51. The van der Waals surface area contributed by atoms with Crippen molar-refractivity contribution < 1.29 is 4.39 Å². The minimum atomic E-state index is -0.385. The van der Waals surface area contributed by atoms with Gasteiger partial charge in [0, 0.05) is 6.20 Å². The molecule has 0 aliphatic rings. The van der Waals surface area contributed by atoms with E-state index in [1.807, 2.05) is 36.4 Å². The molecule has 0 radical (unpaired) electrons. The first-order chi connectivity index (χ1) is 10.2. The molecule has 1 aromatic heterocycles. The van der Waals surface area contributed by atoms with Crippen molar-refractivity contribution in [1.82, 2.24) is 9.78 Å². The Morgan fingerprint density at radius 1 is 1.10 bits per heavy atom. The number of aromatic nitrogens is 2. The minimum Gasteiger partial charge on any atom is -0.319 e. The number of hydrogen-bond acceptors (Lipinski definition) is 2. The molecule has 3 nitrogen and oxygen atoms in total. The van der Waals surface area contributed by atoms with Crippen LogP contribution in [0.15, 0.2) is 65.3 Å². The normalized spacial score (nSPS) is 12.3. The fourth-order valence-electron chi connectivity index (χ4n) is 2.21. The molecular formula is C16H13BrFN3. The Morgan fingerprint density at radius 3 is 2.57 bits per heavy atom. The summed E-state index contributed by atoms with van der Waals surface area (Å²) in [5.41, 5.74) is 8.92. The Morgan fingerprint density at radius 2 is 1.86 bits per heavy atom. The highest BCUT2D eigenvalue weighted by atomic mass is 79.9. The number of benzene rings is 2. The summed E-state index contributed by atoms with van der Waals surface area (Å²) in [7, 11) is 0. The van der Waals surface area contributed by atoms with E-state index < -0.39 is 0 Å². The van der Waals surface area contributed by atoms with E-state index in [9.17, 15) is 4.39 Å². The van der Waals surface area contributed by atoms with Crippen LogP contribution in [-0.2, 0) is 0 Å². The maximum Gasteiger partial charge on any atom is 0.137 e. The SMILES string of the molecule is NC(c1ccc(F)c(Br)c1)c1ccnn1-c1ccccc1. The zero-order chi connectivity index (χ0) is 14.8. The molecule has 0 aliphatic carbocycles. The summed E-state index contributed by atoms with van der Waals surface area (Å²) < 4.78 is 15.5. The molecule has 0 saturated heterocycles. The lowest BCUT2D eigenvalue weighted by Crippen LogP contribution is -2.16. The third-order valence-corrected chi connectivity index (χ3v) is 3.90. The highest BCUT2D eigenvalue weighted by Crippen LogP contribution is 2.25. The first-order valence-corrected chi connectivity index (χ1v) is 7.26. The molecule has 0 spiro atoms. The van der Waals surface area contributed by atoms with Crippen LogP contribution in [0.5, 0.6) is 0 Å². The Kier molecular flexibility index (Phi) is 3.86. The van der Waals surface area contributed by atoms with Gasteiger partial charge in [-0.05, 0) is 51.8 Å². The van der Waals surface area contributed by atoms with E-state index in [0.29, 0.717) is 4.47 Å². The van der Waals surface area contributed by atoms with E-state index >= 15 is 0 Å². The standard InChI is InChI=1S/C16H13BrFN3/c17-13-10-11(6-7-14(13)18)16(19)15-8-9-20-21(15)12-4-2-1-3-5-12/h1-10,16H,19H2. The van der Waals surface area contributed by atoms with Crippen molar-refractivity contribution in [1.29, 1.82) is 0 Å². The van der Waals surface area contributed by atoms with Gasteiger partial charge in [-0.2, -0.15) is 5.10 Å². The van der Waals surface area contributed by atoms with Gasteiger partial charge in [0.25, 0.3) is 0 Å². The van der Waals surface area contributed by atoms with Gasteiger partial charge in [-0.3, -0.25) is 0 Å². The van der Waals surface area contributed by atoms with Gasteiger partial charge in [-0.15, -0.1) is 0 Å². The molecule has 1 heterocycles. The van der Waals surface area contributed by atoms with Crippen LogP contribution < -0.4 is 5.73 Å². The Hall–Kier alpha value is -1.98. The Labute approximate surface area is 130 Å².